The number of aromatic nitrogens is 2. The predicted molar refractivity (Wildman–Crippen MR) is 139 cm³/mol. The molecule has 2 aromatic heterocycles. The summed E-state index contributed by atoms with van der Waals surface area (Å²) in [6.07, 6.45) is 3.65. The number of hydrogen-bond acceptors (Lipinski definition) is 6. The molecule has 1 aliphatic carbocycles. The lowest BCUT2D eigenvalue weighted by Gasteiger charge is -2.21. The number of carboxylic acid groups (broad SMARTS) is 1. The minimum absolute atomic E-state index is 0.132. The molecule has 38 heavy (non-hydrogen) atoms. The van der Waals surface area contributed by atoms with Gasteiger partial charge in [-0.25, -0.2) is 13.8 Å². The van der Waals surface area contributed by atoms with Crippen LogP contribution >= 0.6 is 11.8 Å². The summed E-state index contributed by atoms with van der Waals surface area (Å²) < 4.78 is 39.3. The lowest BCUT2D eigenvalue weighted by molar-refractivity contribution is -0.141. The highest BCUT2D eigenvalue weighted by Gasteiger charge is 2.37. The highest BCUT2D eigenvalue weighted by molar-refractivity contribution is 7.99. The maximum absolute atomic E-state index is 13.7. The molecule has 0 radical (unpaired) electrons. The first-order valence-corrected chi connectivity index (χ1v) is 13.4. The number of ether oxygens (including phenoxy) is 2. The van der Waals surface area contributed by atoms with Crippen molar-refractivity contribution in [3.05, 3.63) is 94.9 Å². The molecule has 3 heterocycles. The maximum atomic E-state index is 13.7. The van der Waals surface area contributed by atoms with Gasteiger partial charge in [0.05, 0.1) is 28.1 Å². The largest absolute Gasteiger partial charge is 0.487 e. The first-order valence-electron chi connectivity index (χ1n) is 12.4. The van der Waals surface area contributed by atoms with Gasteiger partial charge in [-0.2, -0.15) is 0 Å². The lowest BCUT2D eigenvalue weighted by Crippen LogP contribution is -2.19. The van der Waals surface area contributed by atoms with Crippen LogP contribution in [0, 0.1) is 23.5 Å². The second-order valence-corrected chi connectivity index (χ2v) is 10.7. The van der Waals surface area contributed by atoms with Crippen LogP contribution in [0.4, 0.5) is 8.78 Å². The second kappa shape index (κ2) is 10.2. The SMILES string of the molecule is O=C(O)C(CSC1c2cc(OCc3ccc4cc(F)c(F)cc4n3)ccc2OCc2ncccc21)C1CC1. The number of carbonyl (C=O) groups is 1. The molecule has 1 fully saturated rings. The molecule has 0 amide bonds. The average molecular weight is 535 g/mol. The quantitative estimate of drug-likeness (QED) is 0.284. The Hall–Kier alpha value is -3.72. The van der Waals surface area contributed by atoms with Gasteiger partial charge in [-0.15, -0.1) is 11.8 Å². The Bertz CT molecular complexity index is 1530. The van der Waals surface area contributed by atoms with E-state index < -0.39 is 17.6 Å². The summed E-state index contributed by atoms with van der Waals surface area (Å²) in [7, 11) is 0. The number of pyridine rings is 2. The number of carboxylic acids is 1. The Morgan fingerprint density at radius 2 is 1.95 bits per heavy atom. The number of thioether (sulfide) groups is 1. The summed E-state index contributed by atoms with van der Waals surface area (Å²) in [6.45, 7) is 0.455. The number of benzene rings is 2. The van der Waals surface area contributed by atoms with E-state index in [0.717, 1.165) is 41.8 Å². The number of rotatable bonds is 8. The van der Waals surface area contributed by atoms with E-state index in [1.807, 2.05) is 30.3 Å². The van der Waals surface area contributed by atoms with Gasteiger partial charge in [-0.3, -0.25) is 9.78 Å². The number of halogens is 2. The van der Waals surface area contributed by atoms with Crippen molar-refractivity contribution in [2.75, 3.05) is 5.75 Å². The Kier molecular flexibility index (Phi) is 6.61. The molecule has 2 aromatic carbocycles. The summed E-state index contributed by atoms with van der Waals surface area (Å²) in [5.41, 5.74) is 3.64. The zero-order valence-corrected chi connectivity index (χ0v) is 21.1. The first kappa shape index (κ1) is 24.6. The molecule has 4 aromatic rings. The number of nitrogens with zero attached hydrogens (tertiary/aromatic N) is 2. The number of fused-ring (bicyclic) bond motifs is 3. The smallest absolute Gasteiger partial charge is 0.307 e. The monoisotopic (exact) mass is 534 g/mol. The van der Waals surface area contributed by atoms with Gasteiger partial charge < -0.3 is 14.6 Å². The summed E-state index contributed by atoms with van der Waals surface area (Å²) >= 11 is 1.59. The van der Waals surface area contributed by atoms with E-state index in [4.69, 9.17) is 9.47 Å². The third kappa shape index (κ3) is 5.03. The third-order valence-corrected chi connectivity index (χ3v) is 8.36. The van der Waals surface area contributed by atoms with E-state index >= 15 is 0 Å². The summed E-state index contributed by atoms with van der Waals surface area (Å²) in [6, 6.07) is 15.1. The molecular formula is C29H24F2N2O4S. The third-order valence-electron chi connectivity index (χ3n) is 6.96. The Balaban J connectivity index is 1.27. The highest BCUT2D eigenvalue weighted by Crippen LogP contribution is 2.47. The summed E-state index contributed by atoms with van der Waals surface area (Å²) in [5, 5.41) is 10.1. The molecule has 2 unspecified atom stereocenters. The van der Waals surface area contributed by atoms with E-state index in [1.165, 1.54) is 0 Å². The van der Waals surface area contributed by atoms with Crippen LogP contribution in [-0.2, 0) is 18.0 Å². The predicted octanol–water partition coefficient (Wildman–Crippen LogP) is 6.31. The van der Waals surface area contributed by atoms with Crippen molar-refractivity contribution < 1.29 is 28.2 Å². The fourth-order valence-electron chi connectivity index (χ4n) is 4.76. The van der Waals surface area contributed by atoms with E-state index in [0.29, 0.717) is 40.5 Å². The van der Waals surface area contributed by atoms with Crippen LogP contribution in [0.2, 0.25) is 0 Å². The molecule has 194 valence electrons. The highest BCUT2D eigenvalue weighted by atomic mass is 32.2. The van der Waals surface area contributed by atoms with Crippen LogP contribution in [0.5, 0.6) is 11.5 Å². The fourth-order valence-corrected chi connectivity index (χ4v) is 6.33. The second-order valence-electron chi connectivity index (χ2n) is 9.57. The fraction of sp³-hybridized carbons (Fsp3) is 0.276. The van der Waals surface area contributed by atoms with Crippen LogP contribution < -0.4 is 9.47 Å². The molecule has 0 bridgehead atoms. The molecular weight excluding hydrogens is 510 g/mol. The molecule has 1 aliphatic heterocycles. The molecule has 2 atom stereocenters. The van der Waals surface area contributed by atoms with Crippen LogP contribution in [0.15, 0.2) is 60.8 Å². The van der Waals surface area contributed by atoms with E-state index in [-0.39, 0.29) is 23.7 Å². The number of hydrogen-bond donors (Lipinski definition) is 1. The standard InChI is InChI=1S/C29H24F2N2O4S/c30-23-10-17-5-6-18(33-25(17)12-24(23)31)13-36-19-7-8-27-21(11-19)28(20-2-1-9-32-26(20)14-37-27)38-15-22(29(34)35)16-3-4-16/h1-2,5-12,16,22,28H,3-4,13-15H2,(H,34,35). The van der Waals surface area contributed by atoms with Gasteiger partial charge in [-0.1, -0.05) is 12.1 Å². The zero-order valence-electron chi connectivity index (χ0n) is 20.3. The van der Waals surface area contributed by atoms with Crippen LogP contribution in [0.3, 0.4) is 0 Å². The molecule has 1 saturated carbocycles. The van der Waals surface area contributed by atoms with Crippen molar-refractivity contribution in [1.82, 2.24) is 9.97 Å². The van der Waals surface area contributed by atoms with E-state index in [2.05, 4.69) is 9.97 Å². The maximum Gasteiger partial charge on any atom is 0.307 e. The van der Waals surface area contributed by atoms with Crippen LogP contribution in [-0.4, -0.2) is 26.8 Å². The molecule has 0 spiro atoms. The van der Waals surface area contributed by atoms with Gasteiger partial charge in [0, 0.05) is 29.0 Å². The van der Waals surface area contributed by atoms with Gasteiger partial charge in [0.15, 0.2) is 11.6 Å². The van der Waals surface area contributed by atoms with Gasteiger partial charge in [0.1, 0.15) is 24.7 Å². The van der Waals surface area contributed by atoms with Crippen molar-refractivity contribution in [1.29, 1.82) is 0 Å². The van der Waals surface area contributed by atoms with E-state index in [9.17, 15) is 18.7 Å². The normalized spacial score (nSPS) is 17.2. The van der Waals surface area contributed by atoms with Gasteiger partial charge >= 0.3 is 5.97 Å². The first-order chi connectivity index (χ1) is 18.5. The van der Waals surface area contributed by atoms with Gasteiger partial charge in [-0.05, 0) is 60.7 Å². The van der Waals surface area contributed by atoms with Crippen molar-refractivity contribution >= 4 is 28.6 Å². The van der Waals surface area contributed by atoms with Gasteiger partial charge in [0.2, 0.25) is 0 Å². The molecule has 0 saturated heterocycles. The summed E-state index contributed by atoms with van der Waals surface area (Å²) in [4.78, 5) is 20.8. The summed E-state index contributed by atoms with van der Waals surface area (Å²) in [5.74, 6) is -0.971. The van der Waals surface area contributed by atoms with Crippen molar-refractivity contribution in [3.8, 4) is 11.5 Å². The molecule has 6 rings (SSSR count). The minimum Gasteiger partial charge on any atom is -0.487 e. The molecule has 2 aliphatic rings. The zero-order chi connectivity index (χ0) is 26.2. The lowest BCUT2D eigenvalue weighted by atomic mass is 10.0. The molecule has 9 heteroatoms. The van der Waals surface area contributed by atoms with Crippen LogP contribution in [0.1, 0.15) is 40.6 Å². The van der Waals surface area contributed by atoms with Crippen molar-refractivity contribution in [2.24, 2.45) is 11.8 Å². The average Bonchev–Trinajstić information content (AvgIpc) is 3.76. The Morgan fingerprint density at radius 3 is 2.76 bits per heavy atom. The Morgan fingerprint density at radius 1 is 1.11 bits per heavy atom. The Labute approximate surface area is 222 Å². The van der Waals surface area contributed by atoms with Crippen LogP contribution in [0.25, 0.3) is 10.9 Å². The molecule has 6 nitrogen and oxygen atoms in total. The molecule has 1 N–H and O–H groups in total. The van der Waals surface area contributed by atoms with Gasteiger partial charge in [0.25, 0.3) is 0 Å². The van der Waals surface area contributed by atoms with E-state index in [1.54, 1.807) is 30.1 Å². The number of aliphatic carboxylic acids is 1. The van der Waals surface area contributed by atoms with Crippen molar-refractivity contribution in [2.45, 2.75) is 31.3 Å². The van der Waals surface area contributed by atoms with Crippen molar-refractivity contribution in [3.63, 3.8) is 0 Å². The minimum atomic E-state index is -0.945. The topological polar surface area (TPSA) is 81.5 Å².